The summed E-state index contributed by atoms with van der Waals surface area (Å²) in [5, 5.41) is 0. The first-order valence-electron chi connectivity index (χ1n) is 3.71. The van der Waals surface area contributed by atoms with Gasteiger partial charge in [-0.1, -0.05) is 0 Å². The molecule has 0 N–H and O–H groups in total. The lowest BCUT2D eigenvalue weighted by Gasteiger charge is -2.32. The zero-order valence-corrected chi connectivity index (χ0v) is 6.39. The van der Waals surface area contributed by atoms with E-state index >= 15 is 0 Å². The largest absolute Gasteiger partial charge is 0.439 e. The second-order valence-corrected chi connectivity index (χ2v) is 3.35. The van der Waals surface area contributed by atoms with Gasteiger partial charge in [0.15, 0.2) is 0 Å². The molecule has 1 aliphatic heterocycles. The monoisotopic (exact) mass is 129 g/mol. The number of rotatable bonds is 0. The van der Waals surface area contributed by atoms with Crippen molar-refractivity contribution in [1.82, 2.24) is 0 Å². The van der Waals surface area contributed by atoms with Crippen molar-refractivity contribution in [2.24, 2.45) is 0 Å². The van der Waals surface area contributed by atoms with Crippen LogP contribution in [0, 0.1) is 0 Å². The van der Waals surface area contributed by atoms with E-state index in [1.807, 2.05) is 27.7 Å². The summed E-state index contributed by atoms with van der Waals surface area (Å²) in [6.45, 7) is 7.73. The number of hydrogen-bond donors (Lipinski definition) is 0. The van der Waals surface area contributed by atoms with Gasteiger partial charge in [0.25, 0.3) is 0 Å². The van der Waals surface area contributed by atoms with Crippen LogP contribution in [0.4, 0.5) is 0 Å². The Hall–Kier alpha value is -0.0151. The first kappa shape index (κ1) is 5.75. The standard InChI is InChI=1S/C6H13BO2/c1-5(2)6(3,4)9-7-8-5/h7H,1-4H3/i7D. The van der Waals surface area contributed by atoms with Crippen LogP contribution in [0.15, 0.2) is 0 Å². The average molecular weight is 129 g/mol. The fraction of sp³-hybridized carbons (Fsp3) is 1.00. The Bertz CT molecular complexity index is 131. The first-order valence-corrected chi connectivity index (χ1v) is 3.13. The third kappa shape index (κ3) is 0.991. The molecule has 0 aromatic heterocycles. The molecule has 2 nitrogen and oxygen atoms in total. The van der Waals surface area contributed by atoms with Crippen LogP contribution in [0.5, 0.6) is 0 Å². The van der Waals surface area contributed by atoms with E-state index < -0.39 is 7.65 Å². The fourth-order valence-electron chi connectivity index (χ4n) is 0.548. The Labute approximate surface area is 58.2 Å². The minimum absolute atomic E-state index is 0.348. The van der Waals surface area contributed by atoms with Crippen LogP contribution in [0.1, 0.15) is 27.7 Å². The molecule has 0 bridgehead atoms. The minimum Gasteiger partial charge on any atom is -0.406 e. The molecule has 1 aliphatic rings. The molecule has 0 unspecified atom stereocenters. The maximum absolute atomic E-state index is 7.20. The second kappa shape index (κ2) is 1.73. The summed E-state index contributed by atoms with van der Waals surface area (Å²) in [6.07, 6.45) is 0. The summed E-state index contributed by atoms with van der Waals surface area (Å²) >= 11 is 0. The molecule has 0 aliphatic carbocycles. The molecule has 52 valence electrons. The normalized spacial score (nSPS) is 32.4. The van der Waals surface area contributed by atoms with Crippen LogP contribution in [0.25, 0.3) is 0 Å². The van der Waals surface area contributed by atoms with Gasteiger partial charge in [-0.05, 0) is 27.7 Å². The zero-order chi connectivity index (χ0) is 7.99. The molecular formula is C6H13BO2. The molecular weight excluding hydrogens is 115 g/mol. The molecule has 0 aromatic carbocycles. The SMILES string of the molecule is [2H]B1OC(C)(C)C(C)(C)O1. The maximum atomic E-state index is 7.20. The van der Waals surface area contributed by atoms with Crippen molar-refractivity contribution >= 4 is 7.65 Å². The van der Waals surface area contributed by atoms with E-state index in [1.54, 1.807) is 0 Å². The van der Waals surface area contributed by atoms with Crippen molar-refractivity contribution in [2.75, 3.05) is 0 Å². The molecule has 1 rings (SSSR count). The summed E-state index contributed by atoms with van der Waals surface area (Å²) in [5.74, 6) is 0. The molecule has 0 saturated carbocycles. The van der Waals surface area contributed by atoms with E-state index in [1.165, 1.54) is 0 Å². The highest BCUT2D eigenvalue weighted by molar-refractivity contribution is 6.19. The van der Waals surface area contributed by atoms with Crippen molar-refractivity contribution in [3.8, 4) is 0 Å². The molecule has 0 aromatic rings. The van der Waals surface area contributed by atoms with Crippen molar-refractivity contribution < 1.29 is 9.31 Å². The third-order valence-corrected chi connectivity index (χ3v) is 2.14. The Morgan fingerprint density at radius 3 is 1.56 bits per heavy atom. The van der Waals surface area contributed by atoms with E-state index in [-0.39, 0.29) is 11.2 Å². The second-order valence-electron chi connectivity index (χ2n) is 3.35. The van der Waals surface area contributed by atoms with Gasteiger partial charge < -0.3 is 9.31 Å². The lowest BCUT2D eigenvalue weighted by molar-refractivity contribution is 0.00578. The minimum atomic E-state index is -0.815. The predicted octanol–water partition coefficient (Wildman–Crippen LogP) is 0.857. The maximum Gasteiger partial charge on any atom is 0.439 e. The van der Waals surface area contributed by atoms with Gasteiger partial charge in [0, 0.05) is 0 Å². The molecule has 0 spiro atoms. The van der Waals surface area contributed by atoms with Gasteiger partial charge in [-0.2, -0.15) is 0 Å². The Morgan fingerprint density at radius 1 is 1.11 bits per heavy atom. The Balaban J connectivity index is 2.78. The average Bonchev–Trinajstić information content (AvgIpc) is 1.73. The quantitative estimate of drug-likeness (QED) is 0.451. The van der Waals surface area contributed by atoms with E-state index in [0.717, 1.165) is 0 Å². The molecule has 0 amide bonds. The molecule has 1 heterocycles. The van der Waals surface area contributed by atoms with Gasteiger partial charge in [0.2, 0.25) is 0 Å². The van der Waals surface area contributed by atoms with Crippen LogP contribution in [-0.2, 0) is 9.31 Å². The molecule has 9 heavy (non-hydrogen) atoms. The first-order chi connectivity index (χ1) is 4.35. The van der Waals surface area contributed by atoms with Crippen LogP contribution in [0.3, 0.4) is 0 Å². The van der Waals surface area contributed by atoms with E-state index in [2.05, 4.69) is 0 Å². The third-order valence-electron chi connectivity index (χ3n) is 2.14. The molecule has 3 heteroatoms. The number of hydrogen-bond acceptors (Lipinski definition) is 2. The van der Waals surface area contributed by atoms with Gasteiger partial charge in [0.05, 0.1) is 12.5 Å². The van der Waals surface area contributed by atoms with Crippen LogP contribution in [-0.4, -0.2) is 20.2 Å². The van der Waals surface area contributed by atoms with Crippen molar-refractivity contribution in [3.05, 3.63) is 0 Å². The lowest BCUT2D eigenvalue weighted by Crippen LogP contribution is -2.41. The zero-order valence-electron chi connectivity index (χ0n) is 7.39. The predicted molar refractivity (Wildman–Crippen MR) is 37.5 cm³/mol. The van der Waals surface area contributed by atoms with Gasteiger partial charge in [-0.25, -0.2) is 0 Å². The highest BCUT2D eigenvalue weighted by Gasteiger charge is 2.44. The summed E-state index contributed by atoms with van der Waals surface area (Å²) in [5.41, 5.74) is -0.696. The molecule has 1 saturated heterocycles. The summed E-state index contributed by atoms with van der Waals surface area (Å²) in [7, 11) is -0.815. The topological polar surface area (TPSA) is 18.5 Å². The van der Waals surface area contributed by atoms with Crippen LogP contribution < -0.4 is 0 Å². The smallest absolute Gasteiger partial charge is 0.406 e. The fourth-order valence-corrected chi connectivity index (χ4v) is 0.548. The van der Waals surface area contributed by atoms with Gasteiger partial charge >= 0.3 is 7.65 Å². The molecule has 0 atom stereocenters. The van der Waals surface area contributed by atoms with Crippen LogP contribution in [0.2, 0.25) is 0 Å². The van der Waals surface area contributed by atoms with Gasteiger partial charge in [-0.15, -0.1) is 0 Å². The van der Waals surface area contributed by atoms with E-state index in [4.69, 9.17) is 10.6 Å². The Kier molecular flexibility index (Phi) is 1.11. The van der Waals surface area contributed by atoms with Gasteiger partial charge in [0.1, 0.15) is 0 Å². The molecule has 1 fully saturated rings. The molecule has 0 radical (unpaired) electrons. The summed E-state index contributed by atoms with van der Waals surface area (Å²) < 4.78 is 17.6. The Morgan fingerprint density at radius 2 is 1.44 bits per heavy atom. The van der Waals surface area contributed by atoms with Crippen molar-refractivity contribution in [1.29, 1.82) is 1.34 Å². The summed E-state index contributed by atoms with van der Waals surface area (Å²) in [6, 6.07) is 0. The van der Waals surface area contributed by atoms with Crippen LogP contribution >= 0.6 is 0 Å². The van der Waals surface area contributed by atoms with Gasteiger partial charge in [-0.3, -0.25) is 0 Å². The van der Waals surface area contributed by atoms with E-state index in [9.17, 15) is 0 Å². The highest BCUT2D eigenvalue weighted by Crippen LogP contribution is 2.33. The highest BCUT2D eigenvalue weighted by atomic mass is 16.7. The van der Waals surface area contributed by atoms with E-state index in [0.29, 0.717) is 0 Å². The summed E-state index contributed by atoms with van der Waals surface area (Å²) in [4.78, 5) is 0. The lowest BCUT2D eigenvalue weighted by atomic mass is 9.90. The van der Waals surface area contributed by atoms with Crippen molar-refractivity contribution in [3.63, 3.8) is 0 Å². The van der Waals surface area contributed by atoms with Crippen molar-refractivity contribution in [2.45, 2.75) is 38.9 Å².